The van der Waals surface area contributed by atoms with Crippen LogP contribution < -0.4 is 0 Å². The molecule has 0 aliphatic carbocycles. The zero-order chi connectivity index (χ0) is 14.4. The van der Waals surface area contributed by atoms with E-state index in [2.05, 4.69) is 4.74 Å². The second kappa shape index (κ2) is 6.82. The smallest absolute Gasteiger partial charge is 0.305 e. The molecule has 0 atom stereocenters. The van der Waals surface area contributed by atoms with Crippen molar-refractivity contribution >= 4 is 11.9 Å². The number of rotatable bonds is 5. The van der Waals surface area contributed by atoms with E-state index in [0.717, 1.165) is 6.07 Å². The van der Waals surface area contributed by atoms with E-state index >= 15 is 0 Å². The van der Waals surface area contributed by atoms with Crippen LogP contribution in [0.2, 0.25) is 0 Å². The van der Waals surface area contributed by atoms with Crippen LogP contribution in [0.15, 0.2) is 18.2 Å². The van der Waals surface area contributed by atoms with Crippen LogP contribution in [0.4, 0.5) is 8.78 Å². The Balaban J connectivity index is 2.62. The third kappa shape index (κ3) is 4.01. The van der Waals surface area contributed by atoms with E-state index in [0.29, 0.717) is 6.42 Å². The Morgan fingerprint density at radius 3 is 2.63 bits per heavy atom. The lowest BCUT2D eigenvalue weighted by molar-refractivity contribution is -0.140. The minimum Gasteiger partial charge on any atom is -0.469 e. The first-order chi connectivity index (χ1) is 8.97. The third-order valence-electron chi connectivity index (χ3n) is 2.63. The predicted molar refractivity (Wildman–Crippen MR) is 64.6 cm³/mol. The predicted octanol–water partition coefficient (Wildman–Crippen LogP) is 1.99. The molecule has 0 aliphatic heterocycles. The van der Waals surface area contributed by atoms with Crippen molar-refractivity contribution in [1.82, 2.24) is 4.90 Å². The number of hydrogen-bond donors (Lipinski definition) is 0. The van der Waals surface area contributed by atoms with Crippen molar-refractivity contribution in [2.75, 3.05) is 20.7 Å². The molecule has 0 radical (unpaired) electrons. The summed E-state index contributed by atoms with van der Waals surface area (Å²) in [5.74, 6) is -3.22. The van der Waals surface area contributed by atoms with Gasteiger partial charge in [0.1, 0.15) is 0 Å². The fourth-order valence-electron chi connectivity index (χ4n) is 1.54. The maximum absolute atomic E-state index is 13.4. The fraction of sp³-hybridized carbons (Fsp3) is 0.385. The number of benzene rings is 1. The molecule has 6 heteroatoms. The summed E-state index contributed by atoms with van der Waals surface area (Å²) in [6, 6.07) is 3.44. The highest BCUT2D eigenvalue weighted by atomic mass is 19.2. The second-order valence-electron chi connectivity index (χ2n) is 4.01. The molecule has 0 fully saturated rings. The van der Waals surface area contributed by atoms with Crippen molar-refractivity contribution in [2.45, 2.75) is 12.8 Å². The van der Waals surface area contributed by atoms with Gasteiger partial charge in [-0.2, -0.15) is 0 Å². The van der Waals surface area contributed by atoms with Crippen LogP contribution in [0.3, 0.4) is 0 Å². The van der Waals surface area contributed by atoms with Gasteiger partial charge in [-0.05, 0) is 18.6 Å². The molecule has 104 valence electrons. The normalized spacial score (nSPS) is 10.1. The average molecular weight is 271 g/mol. The van der Waals surface area contributed by atoms with Gasteiger partial charge in [0.15, 0.2) is 11.6 Å². The molecule has 0 saturated carbocycles. The van der Waals surface area contributed by atoms with Gasteiger partial charge in [0, 0.05) is 20.0 Å². The number of carbonyl (C=O) groups excluding carboxylic acids is 2. The van der Waals surface area contributed by atoms with Gasteiger partial charge in [-0.15, -0.1) is 0 Å². The standard InChI is InChI=1S/C13H15F2NO3/c1-16(8-4-7-11(17)19-2)13(18)9-5-3-6-10(14)12(9)15/h3,5-6H,4,7-8H2,1-2H3. The third-order valence-corrected chi connectivity index (χ3v) is 2.63. The van der Waals surface area contributed by atoms with Gasteiger partial charge in [-0.25, -0.2) is 8.78 Å². The van der Waals surface area contributed by atoms with Crippen molar-refractivity contribution < 1.29 is 23.1 Å². The Morgan fingerprint density at radius 2 is 2.00 bits per heavy atom. The molecular formula is C13H15F2NO3. The van der Waals surface area contributed by atoms with E-state index in [1.54, 1.807) is 0 Å². The highest BCUT2D eigenvalue weighted by Crippen LogP contribution is 2.13. The van der Waals surface area contributed by atoms with E-state index in [4.69, 9.17) is 0 Å². The Hall–Kier alpha value is -1.98. The van der Waals surface area contributed by atoms with E-state index in [1.165, 1.54) is 31.2 Å². The van der Waals surface area contributed by atoms with Crippen LogP contribution in [-0.4, -0.2) is 37.5 Å². The van der Waals surface area contributed by atoms with Crippen molar-refractivity contribution in [3.8, 4) is 0 Å². The van der Waals surface area contributed by atoms with Crippen LogP contribution in [0.25, 0.3) is 0 Å². The number of methoxy groups -OCH3 is 1. The maximum atomic E-state index is 13.4. The molecule has 0 spiro atoms. The number of amides is 1. The molecule has 0 aromatic heterocycles. The molecule has 1 rings (SSSR count). The summed E-state index contributed by atoms with van der Waals surface area (Å²) >= 11 is 0. The highest BCUT2D eigenvalue weighted by Gasteiger charge is 2.18. The molecule has 1 aromatic rings. The number of esters is 1. The van der Waals surface area contributed by atoms with Gasteiger partial charge in [-0.3, -0.25) is 9.59 Å². The molecule has 0 heterocycles. The Morgan fingerprint density at radius 1 is 1.32 bits per heavy atom. The zero-order valence-corrected chi connectivity index (χ0v) is 10.8. The Bertz CT molecular complexity index is 477. The molecule has 19 heavy (non-hydrogen) atoms. The monoisotopic (exact) mass is 271 g/mol. The SMILES string of the molecule is COC(=O)CCCN(C)C(=O)c1cccc(F)c1F. The van der Waals surface area contributed by atoms with Gasteiger partial charge in [0.2, 0.25) is 0 Å². The molecule has 0 unspecified atom stereocenters. The highest BCUT2D eigenvalue weighted by molar-refractivity contribution is 5.94. The first-order valence-electron chi connectivity index (χ1n) is 5.73. The second-order valence-corrected chi connectivity index (χ2v) is 4.01. The summed E-state index contributed by atoms with van der Waals surface area (Å²) in [6.07, 6.45) is 0.561. The number of ether oxygens (including phenoxy) is 1. The number of halogens is 2. The fourth-order valence-corrected chi connectivity index (χ4v) is 1.54. The largest absolute Gasteiger partial charge is 0.469 e. The van der Waals surface area contributed by atoms with Crippen molar-refractivity contribution in [3.05, 3.63) is 35.4 Å². The van der Waals surface area contributed by atoms with Crippen molar-refractivity contribution in [1.29, 1.82) is 0 Å². The molecule has 1 amide bonds. The topological polar surface area (TPSA) is 46.6 Å². The Kier molecular flexibility index (Phi) is 5.41. The Labute approximate surface area is 110 Å². The minimum absolute atomic E-state index is 0.166. The first kappa shape index (κ1) is 15.1. The van der Waals surface area contributed by atoms with Crippen molar-refractivity contribution in [3.63, 3.8) is 0 Å². The van der Waals surface area contributed by atoms with Gasteiger partial charge >= 0.3 is 5.97 Å². The van der Waals surface area contributed by atoms with E-state index < -0.39 is 17.5 Å². The zero-order valence-electron chi connectivity index (χ0n) is 10.8. The summed E-state index contributed by atoms with van der Waals surface area (Å²) < 4.78 is 30.9. The molecular weight excluding hydrogens is 256 g/mol. The molecule has 0 bridgehead atoms. The van der Waals surface area contributed by atoms with Gasteiger partial charge in [0.25, 0.3) is 5.91 Å². The summed E-state index contributed by atoms with van der Waals surface area (Å²) in [5.41, 5.74) is -0.319. The summed E-state index contributed by atoms with van der Waals surface area (Å²) in [7, 11) is 2.74. The van der Waals surface area contributed by atoms with Crippen LogP contribution in [0, 0.1) is 11.6 Å². The van der Waals surface area contributed by atoms with Gasteiger partial charge in [0.05, 0.1) is 12.7 Å². The summed E-state index contributed by atoms with van der Waals surface area (Å²) in [4.78, 5) is 24.0. The quantitative estimate of drug-likeness (QED) is 0.769. The summed E-state index contributed by atoms with van der Waals surface area (Å²) in [6.45, 7) is 0.254. The molecule has 1 aromatic carbocycles. The lowest BCUT2D eigenvalue weighted by Crippen LogP contribution is -2.29. The van der Waals surface area contributed by atoms with Crippen LogP contribution in [0.1, 0.15) is 23.2 Å². The van der Waals surface area contributed by atoms with Crippen LogP contribution in [0.5, 0.6) is 0 Å². The minimum atomic E-state index is -1.16. The summed E-state index contributed by atoms with van der Waals surface area (Å²) in [5, 5.41) is 0. The van der Waals surface area contributed by atoms with E-state index in [9.17, 15) is 18.4 Å². The lowest BCUT2D eigenvalue weighted by atomic mass is 10.1. The van der Waals surface area contributed by atoms with E-state index in [-0.39, 0.29) is 24.5 Å². The number of hydrogen-bond acceptors (Lipinski definition) is 3. The van der Waals surface area contributed by atoms with E-state index in [1.807, 2.05) is 0 Å². The van der Waals surface area contributed by atoms with Crippen molar-refractivity contribution in [2.24, 2.45) is 0 Å². The van der Waals surface area contributed by atoms with Crippen LogP contribution in [-0.2, 0) is 9.53 Å². The maximum Gasteiger partial charge on any atom is 0.305 e. The molecule has 4 nitrogen and oxygen atoms in total. The number of carbonyl (C=O) groups is 2. The van der Waals surface area contributed by atoms with Crippen LogP contribution >= 0.6 is 0 Å². The average Bonchev–Trinajstić information content (AvgIpc) is 2.40. The van der Waals surface area contributed by atoms with Gasteiger partial charge < -0.3 is 9.64 Å². The lowest BCUT2D eigenvalue weighted by Gasteiger charge is -2.17. The molecule has 0 saturated heterocycles. The first-order valence-corrected chi connectivity index (χ1v) is 5.73. The molecule has 0 N–H and O–H groups in total. The molecule has 0 aliphatic rings. The van der Waals surface area contributed by atoms with Gasteiger partial charge in [-0.1, -0.05) is 6.07 Å². The number of nitrogens with zero attached hydrogens (tertiary/aromatic N) is 1.